The molecule has 0 fully saturated rings. The summed E-state index contributed by atoms with van der Waals surface area (Å²) in [6.07, 6.45) is 7.77. The lowest BCUT2D eigenvalue weighted by Gasteiger charge is -2.11. The Morgan fingerprint density at radius 1 is 0.465 bits per heavy atom. The smallest absolute Gasteiger partial charge is 0.145 e. The van der Waals surface area contributed by atoms with Crippen molar-refractivity contribution in [2.75, 3.05) is 0 Å². The first-order valence-electron chi connectivity index (χ1n) is 14.5. The largest absolute Gasteiger partial charge is 0.309 e. The SMILES string of the molecule is c1ccc(-n2c3cc4c5cnccc5c5nccn5c4cc3c3c2ccc2c4ccccc4n(-c4ccccc4)c23)cc1. The van der Waals surface area contributed by atoms with E-state index in [4.69, 9.17) is 4.98 Å². The van der Waals surface area contributed by atoms with Gasteiger partial charge in [0.1, 0.15) is 5.65 Å². The highest BCUT2D eigenvalue weighted by atomic mass is 15.0. The normalized spacial score (nSPS) is 12.2. The third-order valence-electron chi connectivity index (χ3n) is 8.96. The molecule has 0 radical (unpaired) electrons. The number of hydrogen-bond donors (Lipinski definition) is 0. The van der Waals surface area contributed by atoms with Crippen LogP contribution >= 0.6 is 0 Å². The van der Waals surface area contributed by atoms with E-state index in [0.717, 1.165) is 44.2 Å². The van der Waals surface area contributed by atoms with Crippen LogP contribution in [0.1, 0.15) is 0 Å². The third kappa shape index (κ3) is 2.95. The van der Waals surface area contributed by atoms with Crippen LogP contribution in [0.4, 0.5) is 0 Å². The van der Waals surface area contributed by atoms with Crippen LogP contribution < -0.4 is 0 Å². The maximum Gasteiger partial charge on any atom is 0.145 e. The van der Waals surface area contributed by atoms with Gasteiger partial charge >= 0.3 is 0 Å². The average Bonchev–Trinajstić information content (AvgIpc) is 3.78. The zero-order valence-corrected chi connectivity index (χ0v) is 23.0. The van der Waals surface area contributed by atoms with Gasteiger partial charge in [-0.05, 0) is 54.6 Å². The summed E-state index contributed by atoms with van der Waals surface area (Å²) in [4.78, 5) is 9.27. The molecular weight excluding hydrogens is 526 g/mol. The highest BCUT2D eigenvalue weighted by Gasteiger charge is 2.22. The number of fused-ring (bicyclic) bond motifs is 13. The van der Waals surface area contributed by atoms with Crippen molar-refractivity contribution in [1.82, 2.24) is 23.5 Å². The number of nitrogens with zero attached hydrogens (tertiary/aromatic N) is 5. The number of hydrogen-bond acceptors (Lipinski definition) is 2. The molecule has 0 spiro atoms. The highest BCUT2D eigenvalue weighted by Crippen LogP contribution is 2.43. The molecule has 5 aromatic heterocycles. The summed E-state index contributed by atoms with van der Waals surface area (Å²) < 4.78 is 7.07. The number of para-hydroxylation sites is 3. The molecular formula is C38H23N5. The van der Waals surface area contributed by atoms with Crippen LogP contribution in [0.15, 0.2) is 140 Å². The summed E-state index contributed by atoms with van der Waals surface area (Å²) in [6.45, 7) is 0. The van der Waals surface area contributed by atoms with Gasteiger partial charge in [-0.2, -0.15) is 0 Å². The quantitative estimate of drug-likeness (QED) is 0.202. The van der Waals surface area contributed by atoms with Crippen LogP contribution in [0.3, 0.4) is 0 Å². The summed E-state index contributed by atoms with van der Waals surface area (Å²) in [6, 6.07) is 41.5. The van der Waals surface area contributed by atoms with Crippen LogP contribution in [0.5, 0.6) is 0 Å². The summed E-state index contributed by atoms with van der Waals surface area (Å²) in [5.74, 6) is 0. The monoisotopic (exact) mass is 549 g/mol. The zero-order valence-electron chi connectivity index (χ0n) is 23.0. The average molecular weight is 550 g/mol. The summed E-state index contributed by atoms with van der Waals surface area (Å²) >= 11 is 0. The van der Waals surface area contributed by atoms with Crippen LogP contribution in [0, 0.1) is 0 Å². The molecule has 5 heterocycles. The van der Waals surface area contributed by atoms with Crippen molar-refractivity contribution in [3.05, 3.63) is 140 Å². The van der Waals surface area contributed by atoms with Gasteiger partial charge in [0, 0.05) is 73.9 Å². The third-order valence-corrected chi connectivity index (χ3v) is 8.96. The number of imidazole rings is 1. The molecule has 0 aliphatic carbocycles. The van der Waals surface area contributed by atoms with Gasteiger partial charge in [0.15, 0.2) is 0 Å². The van der Waals surface area contributed by atoms with Crippen LogP contribution in [0.2, 0.25) is 0 Å². The second kappa shape index (κ2) is 8.30. The Balaban J connectivity index is 1.51. The molecule has 0 amide bonds. The van der Waals surface area contributed by atoms with Gasteiger partial charge < -0.3 is 9.13 Å². The Hall–Kier alpha value is -5.94. The van der Waals surface area contributed by atoms with Crippen LogP contribution in [0.25, 0.3) is 82.3 Å². The molecule has 0 saturated heterocycles. The van der Waals surface area contributed by atoms with E-state index in [1.54, 1.807) is 0 Å². The topological polar surface area (TPSA) is 40.1 Å². The summed E-state index contributed by atoms with van der Waals surface area (Å²) in [5.41, 5.74) is 9.10. The Morgan fingerprint density at radius 2 is 1.21 bits per heavy atom. The maximum atomic E-state index is 4.75. The fraction of sp³-hybridized carbons (Fsp3) is 0. The fourth-order valence-corrected chi connectivity index (χ4v) is 7.21. The minimum absolute atomic E-state index is 0.944. The molecule has 0 aliphatic rings. The lowest BCUT2D eigenvalue weighted by atomic mass is 10.0. The molecule has 0 unspecified atom stereocenters. The number of aromatic nitrogens is 5. The minimum Gasteiger partial charge on any atom is -0.309 e. The Kier molecular flexibility index (Phi) is 4.39. The van der Waals surface area contributed by atoms with E-state index >= 15 is 0 Å². The van der Waals surface area contributed by atoms with E-state index in [1.165, 1.54) is 38.1 Å². The van der Waals surface area contributed by atoms with Crippen molar-refractivity contribution in [1.29, 1.82) is 0 Å². The predicted octanol–water partition coefficient (Wildman–Crippen LogP) is 9.23. The lowest BCUT2D eigenvalue weighted by Crippen LogP contribution is -1.95. The molecule has 0 bridgehead atoms. The van der Waals surface area contributed by atoms with Gasteiger partial charge in [-0.3, -0.25) is 9.38 Å². The molecule has 10 aromatic rings. The van der Waals surface area contributed by atoms with Crippen molar-refractivity contribution < 1.29 is 0 Å². The van der Waals surface area contributed by atoms with Crippen molar-refractivity contribution >= 4 is 70.9 Å². The summed E-state index contributed by atoms with van der Waals surface area (Å²) in [7, 11) is 0. The first kappa shape index (κ1) is 22.7. The predicted molar refractivity (Wildman–Crippen MR) is 177 cm³/mol. The number of pyridine rings is 2. The molecule has 0 saturated carbocycles. The minimum atomic E-state index is 0.944. The van der Waals surface area contributed by atoms with Gasteiger partial charge in [-0.15, -0.1) is 0 Å². The van der Waals surface area contributed by atoms with E-state index in [-0.39, 0.29) is 0 Å². The second-order valence-electron chi connectivity index (χ2n) is 11.1. The van der Waals surface area contributed by atoms with Crippen LogP contribution in [-0.4, -0.2) is 23.5 Å². The van der Waals surface area contributed by atoms with Gasteiger partial charge in [-0.25, -0.2) is 4.98 Å². The lowest BCUT2D eigenvalue weighted by molar-refractivity contribution is 1.17. The van der Waals surface area contributed by atoms with Crippen molar-refractivity contribution in [2.45, 2.75) is 0 Å². The van der Waals surface area contributed by atoms with E-state index in [0.29, 0.717) is 0 Å². The first-order valence-corrected chi connectivity index (χ1v) is 14.5. The van der Waals surface area contributed by atoms with E-state index in [9.17, 15) is 0 Å². The Morgan fingerprint density at radius 3 is 2.05 bits per heavy atom. The molecule has 200 valence electrons. The maximum absolute atomic E-state index is 4.75. The second-order valence-corrected chi connectivity index (χ2v) is 11.1. The van der Waals surface area contributed by atoms with Gasteiger partial charge in [0.05, 0.1) is 27.6 Å². The van der Waals surface area contributed by atoms with E-state index in [2.05, 4.69) is 140 Å². The molecule has 43 heavy (non-hydrogen) atoms. The van der Waals surface area contributed by atoms with E-state index in [1.807, 2.05) is 18.6 Å². The Labute approximate surface area is 245 Å². The van der Waals surface area contributed by atoms with Crippen molar-refractivity contribution in [3.8, 4) is 11.4 Å². The van der Waals surface area contributed by atoms with Crippen LogP contribution in [-0.2, 0) is 0 Å². The molecule has 5 heteroatoms. The highest BCUT2D eigenvalue weighted by molar-refractivity contribution is 6.28. The zero-order chi connectivity index (χ0) is 28.1. The van der Waals surface area contributed by atoms with Gasteiger partial charge in [0.25, 0.3) is 0 Å². The Bertz CT molecular complexity index is 2710. The van der Waals surface area contributed by atoms with Gasteiger partial charge in [-0.1, -0.05) is 60.7 Å². The van der Waals surface area contributed by atoms with Crippen molar-refractivity contribution in [2.24, 2.45) is 0 Å². The number of rotatable bonds is 2. The molecule has 5 aromatic carbocycles. The first-order chi connectivity index (χ1) is 21.4. The van der Waals surface area contributed by atoms with Gasteiger partial charge in [0.2, 0.25) is 0 Å². The molecule has 10 rings (SSSR count). The molecule has 0 atom stereocenters. The number of benzene rings is 5. The molecule has 0 N–H and O–H groups in total. The fourth-order valence-electron chi connectivity index (χ4n) is 7.21. The molecule has 0 aliphatic heterocycles. The molecule has 5 nitrogen and oxygen atoms in total. The standard InChI is InChI=1S/C38H23N5/c1-3-9-24(10-4-1)42-33-16-15-27-26-13-7-8-14-32(26)43(25-11-5-2-6-12-25)37(27)36(33)30-22-34-29(21-35(30)42)31-23-39-18-17-28(31)38-40-19-20-41(34)38/h1-23H. The summed E-state index contributed by atoms with van der Waals surface area (Å²) in [5, 5.41) is 8.29. The van der Waals surface area contributed by atoms with E-state index < -0.39 is 0 Å². The van der Waals surface area contributed by atoms with Crippen molar-refractivity contribution in [3.63, 3.8) is 0 Å².